The van der Waals surface area contributed by atoms with Crippen LogP contribution in [0.4, 0.5) is 18.9 Å². The summed E-state index contributed by atoms with van der Waals surface area (Å²) in [5.41, 5.74) is 1.01. The number of halogens is 4. The summed E-state index contributed by atoms with van der Waals surface area (Å²) in [5.74, 6) is -0.531. The Kier molecular flexibility index (Phi) is 6.47. The van der Waals surface area contributed by atoms with Crippen molar-refractivity contribution < 1.29 is 26.4 Å². The van der Waals surface area contributed by atoms with Crippen molar-refractivity contribution in [2.24, 2.45) is 0 Å². The number of nitrogens with one attached hydrogen (secondary N) is 2. The molecule has 7 nitrogen and oxygen atoms in total. The minimum Gasteiger partial charge on any atom is -0.321 e. The summed E-state index contributed by atoms with van der Waals surface area (Å²) < 4.78 is 67.7. The van der Waals surface area contributed by atoms with Crippen LogP contribution in [0, 0.1) is 0 Å². The molecule has 3 aromatic carbocycles. The first-order valence-electron chi connectivity index (χ1n) is 11.3. The predicted octanol–water partition coefficient (Wildman–Crippen LogP) is 5.53. The third kappa shape index (κ3) is 5.34. The molecule has 0 unspecified atom stereocenters. The lowest BCUT2D eigenvalue weighted by molar-refractivity contribution is -0.137. The molecule has 0 aliphatic heterocycles. The Balaban J connectivity index is 1.40. The number of alkyl halides is 3. The van der Waals surface area contributed by atoms with Crippen molar-refractivity contribution in [3.05, 3.63) is 88.6 Å². The summed E-state index contributed by atoms with van der Waals surface area (Å²) in [5, 5.41) is 7.34. The second-order valence-corrected chi connectivity index (χ2v) is 11.1. The number of anilines is 1. The van der Waals surface area contributed by atoms with Crippen LogP contribution in [0.1, 0.15) is 34.3 Å². The molecule has 1 amide bonds. The van der Waals surface area contributed by atoms with E-state index < -0.39 is 27.7 Å². The number of nitrogens with zero attached hydrogens (tertiary/aromatic N) is 2. The second kappa shape index (κ2) is 9.47. The van der Waals surface area contributed by atoms with Crippen LogP contribution in [0.5, 0.6) is 0 Å². The van der Waals surface area contributed by atoms with Gasteiger partial charge in [-0.3, -0.25) is 4.79 Å². The topological polar surface area (TPSA) is 93.1 Å². The minimum absolute atomic E-state index is 0.0234. The van der Waals surface area contributed by atoms with Crippen molar-refractivity contribution in [3.63, 3.8) is 0 Å². The molecule has 1 heterocycles. The van der Waals surface area contributed by atoms with Gasteiger partial charge >= 0.3 is 6.18 Å². The maximum atomic E-state index is 13.2. The van der Waals surface area contributed by atoms with Crippen molar-refractivity contribution in [1.29, 1.82) is 0 Å². The van der Waals surface area contributed by atoms with E-state index in [9.17, 15) is 26.4 Å². The Hall–Kier alpha value is -3.41. The van der Waals surface area contributed by atoms with Gasteiger partial charge in [-0.25, -0.2) is 17.8 Å². The molecule has 4 aromatic rings. The largest absolute Gasteiger partial charge is 0.416 e. The Morgan fingerprint density at radius 1 is 1.08 bits per heavy atom. The average molecular weight is 549 g/mol. The van der Waals surface area contributed by atoms with Crippen molar-refractivity contribution in [1.82, 2.24) is 14.5 Å². The lowest BCUT2D eigenvalue weighted by Gasteiger charge is -2.11. The fourth-order valence-electron chi connectivity index (χ4n) is 3.91. The van der Waals surface area contributed by atoms with E-state index in [2.05, 4.69) is 15.1 Å². The highest BCUT2D eigenvalue weighted by Gasteiger charge is 2.35. The van der Waals surface area contributed by atoms with E-state index in [1.165, 1.54) is 35.1 Å². The molecular formula is C25H20ClF3N4O3S. The number of hydrogen-bond acceptors (Lipinski definition) is 4. The first kappa shape index (κ1) is 25.2. The molecule has 1 saturated carbocycles. The molecule has 1 aliphatic carbocycles. The van der Waals surface area contributed by atoms with Crippen molar-refractivity contribution in [2.75, 3.05) is 5.32 Å². The van der Waals surface area contributed by atoms with Gasteiger partial charge in [0.15, 0.2) is 0 Å². The SMILES string of the molecule is O=C(Nc1cccc2c1cnn2-c1cccc(C(F)(F)F)c1)c1cc(CNS(=O)(=O)C2CC2)ccc1Cl. The molecule has 37 heavy (non-hydrogen) atoms. The number of fused-ring (bicyclic) bond motifs is 1. The average Bonchev–Trinajstić information content (AvgIpc) is 3.63. The zero-order chi connectivity index (χ0) is 26.4. The third-order valence-corrected chi connectivity index (χ3v) is 8.22. The maximum absolute atomic E-state index is 13.2. The molecule has 1 aliphatic rings. The highest BCUT2D eigenvalue weighted by molar-refractivity contribution is 7.90. The highest BCUT2D eigenvalue weighted by Crippen LogP contribution is 2.32. The lowest BCUT2D eigenvalue weighted by atomic mass is 10.1. The van der Waals surface area contributed by atoms with E-state index in [4.69, 9.17) is 11.6 Å². The fraction of sp³-hybridized carbons (Fsp3) is 0.200. The van der Waals surface area contributed by atoms with E-state index in [1.807, 2.05) is 0 Å². The monoisotopic (exact) mass is 548 g/mol. The zero-order valence-corrected chi connectivity index (χ0v) is 20.7. The molecule has 0 atom stereocenters. The van der Waals surface area contributed by atoms with E-state index in [1.54, 1.807) is 24.3 Å². The zero-order valence-electron chi connectivity index (χ0n) is 19.1. The molecule has 0 spiro atoms. The van der Waals surface area contributed by atoms with Gasteiger partial charge in [0.25, 0.3) is 5.91 Å². The molecule has 12 heteroatoms. The summed E-state index contributed by atoms with van der Waals surface area (Å²) in [6, 6.07) is 14.4. The second-order valence-electron chi connectivity index (χ2n) is 8.68. The Morgan fingerprint density at radius 3 is 2.57 bits per heavy atom. The van der Waals surface area contributed by atoms with Gasteiger partial charge in [-0.15, -0.1) is 0 Å². The van der Waals surface area contributed by atoms with Gasteiger partial charge in [-0.1, -0.05) is 29.8 Å². The maximum Gasteiger partial charge on any atom is 0.416 e. The summed E-state index contributed by atoms with van der Waals surface area (Å²) in [6.45, 7) is 0.0234. The van der Waals surface area contributed by atoms with Crippen LogP contribution in [-0.2, 0) is 22.7 Å². The predicted molar refractivity (Wildman–Crippen MR) is 134 cm³/mol. The number of hydrogen-bond donors (Lipinski definition) is 2. The Morgan fingerprint density at radius 2 is 1.84 bits per heavy atom. The quantitative estimate of drug-likeness (QED) is 0.317. The number of carbonyl (C=O) groups excluding carboxylic acids is 1. The molecule has 0 bridgehead atoms. The van der Waals surface area contributed by atoms with E-state index in [0.717, 1.165) is 12.1 Å². The first-order chi connectivity index (χ1) is 17.5. The van der Waals surface area contributed by atoms with Crippen LogP contribution in [0.3, 0.4) is 0 Å². The van der Waals surface area contributed by atoms with E-state index >= 15 is 0 Å². The molecule has 192 valence electrons. The van der Waals surface area contributed by atoms with Crippen LogP contribution in [0.15, 0.2) is 66.9 Å². The number of carbonyl (C=O) groups is 1. The van der Waals surface area contributed by atoms with E-state index in [0.29, 0.717) is 35.0 Å². The Bertz CT molecular complexity index is 1620. The van der Waals surface area contributed by atoms with Crippen molar-refractivity contribution in [2.45, 2.75) is 30.8 Å². The van der Waals surface area contributed by atoms with Gasteiger partial charge in [-0.05, 0) is 60.9 Å². The Labute approximate surface area is 215 Å². The summed E-state index contributed by atoms with van der Waals surface area (Å²) in [6.07, 6.45) is -1.77. The van der Waals surface area contributed by atoms with Crippen molar-refractivity contribution >= 4 is 44.1 Å². The van der Waals surface area contributed by atoms with Crippen LogP contribution >= 0.6 is 11.6 Å². The number of aromatic nitrogens is 2. The third-order valence-electron chi connectivity index (χ3n) is 6.00. The molecular weight excluding hydrogens is 529 g/mol. The van der Waals surface area contributed by atoms with Crippen LogP contribution in [0.2, 0.25) is 5.02 Å². The minimum atomic E-state index is -4.50. The normalized spacial score (nSPS) is 14.2. The number of amides is 1. The van der Waals surface area contributed by atoms with Gasteiger partial charge in [-0.2, -0.15) is 18.3 Å². The molecule has 0 radical (unpaired) electrons. The summed E-state index contributed by atoms with van der Waals surface area (Å²) >= 11 is 6.25. The smallest absolute Gasteiger partial charge is 0.321 e. The summed E-state index contributed by atoms with van der Waals surface area (Å²) in [4.78, 5) is 13.1. The number of benzene rings is 3. The highest BCUT2D eigenvalue weighted by atomic mass is 35.5. The van der Waals surface area contributed by atoms with Gasteiger partial charge in [0.05, 0.1) is 44.5 Å². The van der Waals surface area contributed by atoms with Gasteiger partial charge in [0, 0.05) is 11.9 Å². The standard InChI is InChI=1S/C25H20ClF3N4O3S/c26-21-10-7-15(13-31-37(35,36)18-8-9-18)11-19(21)24(34)32-22-5-2-6-23-20(22)14-30-33(23)17-4-1-3-16(12-17)25(27,28)29/h1-7,10-12,14,18,31H,8-9,13H2,(H,32,34). The van der Waals surface area contributed by atoms with Crippen LogP contribution in [0.25, 0.3) is 16.6 Å². The van der Waals surface area contributed by atoms with Gasteiger partial charge in [0.2, 0.25) is 10.0 Å². The summed E-state index contributed by atoms with van der Waals surface area (Å²) in [7, 11) is -3.39. The lowest BCUT2D eigenvalue weighted by Crippen LogP contribution is -2.26. The van der Waals surface area contributed by atoms with Gasteiger partial charge in [0.1, 0.15) is 0 Å². The van der Waals surface area contributed by atoms with Crippen molar-refractivity contribution in [3.8, 4) is 5.69 Å². The van der Waals surface area contributed by atoms with E-state index in [-0.39, 0.29) is 28.1 Å². The molecule has 2 N–H and O–H groups in total. The molecule has 1 aromatic heterocycles. The van der Waals surface area contributed by atoms with Crippen LogP contribution < -0.4 is 10.0 Å². The van der Waals surface area contributed by atoms with Gasteiger partial charge < -0.3 is 5.32 Å². The fourth-order valence-corrected chi connectivity index (χ4v) is 5.47. The molecule has 0 saturated heterocycles. The number of sulfonamides is 1. The molecule has 1 fully saturated rings. The number of rotatable bonds is 7. The molecule has 5 rings (SSSR count). The van der Waals surface area contributed by atoms with Crippen LogP contribution in [-0.4, -0.2) is 29.4 Å². The first-order valence-corrected chi connectivity index (χ1v) is 13.2.